The highest BCUT2D eigenvalue weighted by Crippen LogP contribution is 2.32. The number of carbonyl (C=O) groups is 1. The van der Waals surface area contributed by atoms with E-state index in [1.165, 1.54) is 5.56 Å². The number of aryl methyl sites for hydroxylation is 3. The first-order valence-corrected chi connectivity index (χ1v) is 11.3. The van der Waals surface area contributed by atoms with Crippen molar-refractivity contribution >= 4 is 32.6 Å². The number of hydrogen-bond donors (Lipinski definition) is 0. The zero-order chi connectivity index (χ0) is 22.5. The van der Waals surface area contributed by atoms with E-state index in [0.29, 0.717) is 23.2 Å². The number of hydrogen-bond acceptors (Lipinski definition) is 6. The molecule has 2 aromatic heterocycles. The van der Waals surface area contributed by atoms with Crippen molar-refractivity contribution in [2.24, 2.45) is 0 Å². The van der Waals surface area contributed by atoms with Gasteiger partial charge in [-0.3, -0.25) is 9.69 Å². The Hall–Kier alpha value is -3.39. The second kappa shape index (κ2) is 9.82. The topological polar surface area (TPSA) is 69.5 Å². The van der Waals surface area contributed by atoms with Gasteiger partial charge < -0.3 is 14.0 Å². The number of fused-ring (bicyclic) bond motifs is 1. The van der Waals surface area contributed by atoms with Crippen LogP contribution in [0.1, 0.15) is 17.5 Å². The summed E-state index contributed by atoms with van der Waals surface area (Å²) in [6.07, 6.45) is 6.22. The number of benzene rings is 2. The highest BCUT2D eigenvalue weighted by molar-refractivity contribution is 7.22. The van der Waals surface area contributed by atoms with Crippen LogP contribution >= 0.6 is 11.3 Å². The van der Waals surface area contributed by atoms with E-state index in [2.05, 4.69) is 31.0 Å². The summed E-state index contributed by atoms with van der Waals surface area (Å²) < 4.78 is 14.2. The number of amides is 1. The van der Waals surface area contributed by atoms with Gasteiger partial charge in [0.2, 0.25) is 0 Å². The van der Waals surface area contributed by atoms with Crippen LogP contribution in [0.2, 0.25) is 0 Å². The van der Waals surface area contributed by atoms with Crippen molar-refractivity contribution in [1.82, 2.24) is 14.5 Å². The molecule has 0 unspecified atom stereocenters. The van der Waals surface area contributed by atoms with Crippen molar-refractivity contribution in [3.05, 3.63) is 66.2 Å². The summed E-state index contributed by atoms with van der Waals surface area (Å²) >= 11 is 1.54. The molecule has 0 bridgehead atoms. The monoisotopic (exact) mass is 450 g/mol. The molecule has 0 radical (unpaired) electrons. The Morgan fingerprint density at radius 1 is 1.19 bits per heavy atom. The lowest BCUT2D eigenvalue weighted by Crippen LogP contribution is -2.36. The summed E-state index contributed by atoms with van der Waals surface area (Å²) in [5.41, 5.74) is 3.24. The van der Waals surface area contributed by atoms with Crippen molar-refractivity contribution < 1.29 is 14.3 Å². The maximum absolute atomic E-state index is 13.2. The van der Waals surface area contributed by atoms with Gasteiger partial charge in [-0.25, -0.2) is 9.97 Å². The van der Waals surface area contributed by atoms with Crippen molar-refractivity contribution in [2.45, 2.75) is 26.8 Å². The lowest BCUT2D eigenvalue weighted by Gasteiger charge is -2.20. The molecule has 7 nitrogen and oxygen atoms in total. The molecule has 4 rings (SSSR count). The average molecular weight is 451 g/mol. The molecule has 0 aliphatic carbocycles. The van der Waals surface area contributed by atoms with Crippen LogP contribution in [0, 0.1) is 13.8 Å². The van der Waals surface area contributed by atoms with Gasteiger partial charge in [0, 0.05) is 25.5 Å². The van der Waals surface area contributed by atoms with E-state index in [1.807, 2.05) is 22.9 Å². The zero-order valence-electron chi connectivity index (χ0n) is 18.4. The van der Waals surface area contributed by atoms with Gasteiger partial charge in [0.15, 0.2) is 23.2 Å². The lowest BCUT2D eigenvalue weighted by molar-refractivity contribution is -0.120. The molecule has 4 aromatic rings. The molecule has 166 valence electrons. The van der Waals surface area contributed by atoms with Crippen molar-refractivity contribution in [3.8, 4) is 11.5 Å². The van der Waals surface area contributed by atoms with Gasteiger partial charge in [0.1, 0.15) is 0 Å². The van der Waals surface area contributed by atoms with Crippen LogP contribution in [0.3, 0.4) is 0 Å². The fourth-order valence-electron chi connectivity index (χ4n) is 3.59. The van der Waals surface area contributed by atoms with Crippen LogP contribution < -0.4 is 14.4 Å². The van der Waals surface area contributed by atoms with Crippen molar-refractivity contribution in [2.75, 3.05) is 25.2 Å². The number of carbonyl (C=O) groups excluding carboxylic acids is 1. The summed E-state index contributed by atoms with van der Waals surface area (Å²) in [6.45, 7) is 5.33. The van der Waals surface area contributed by atoms with Gasteiger partial charge in [0.25, 0.3) is 5.91 Å². The highest BCUT2D eigenvalue weighted by atomic mass is 32.1. The number of thiazole rings is 1. The molecule has 0 spiro atoms. The minimum atomic E-state index is -0.144. The lowest BCUT2D eigenvalue weighted by atomic mass is 10.1. The second-order valence-corrected chi connectivity index (χ2v) is 8.54. The molecule has 0 N–H and O–H groups in total. The van der Waals surface area contributed by atoms with Gasteiger partial charge >= 0.3 is 0 Å². The zero-order valence-corrected chi connectivity index (χ0v) is 19.3. The number of methoxy groups -OCH3 is 1. The fourth-order valence-corrected chi connectivity index (χ4v) is 4.65. The molecule has 0 saturated heterocycles. The standard InChI is InChI=1S/C24H26N4O3S/c1-17-13-18(2)23-19(14-17)26-24(32-23)28(11-6-10-27-12-9-25-16-27)22(29)15-31-21-8-5-4-7-20(21)30-3/h4-5,7-9,12-14,16H,6,10-11,15H2,1-3H3. The maximum atomic E-state index is 13.2. The van der Waals surface area contributed by atoms with E-state index < -0.39 is 0 Å². The summed E-state index contributed by atoms with van der Waals surface area (Å²) in [5, 5.41) is 0.688. The SMILES string of the molecule is COc1ccccc1OCC(=O)N(CCCn1ccnc1)c1nc2cc(C)cc(C)c2s1. The Labute approximate surface area is 191 Å². The van der Waals surface area contributed by atoms with Gasteiger partial charge in [-0.05, 0) is 49.6 Å². The Kier molecular flexibility index (Phi) is 6.70. The number of para-hydroxylation sites is 2. The number of anilines is 1. The predicted molar refractivity (Wildman–Crippen MR) is 127 cm³/mol. The number of rotatable bonds is 9. The molecule has 2 aromatic carbocycles. The van der Waals surface area contributed by atoms with Crippen LogP contribution in [-0.2, 0) is 11.3 Å². The smallest absolute Gasteiger partial charge is 0.266 e. The molecule has 1 amide bonds. The second-order valence-electron chi connectivity index (χ2n) is 7.57. The molecule has 32 heavy (non-hydrogen) atoms. The number of imidazole rings is 1. The Balaban J connectivity index is 1.55. The van der Waals surface area contributed by atoms with Crippen LogP contribution in [0.15, 0.2) is 55.1 Å². The Morgan fingerprint density at radius 3 is 2.75 bits per heavy atom. The predicted octanol–water partition coefficient (Wildman–Crippen LogP) is 4.62. The summed E-state index contributed by atoms with van der Waals surface area (Å²) in [7, 11) is 1.58. The minimum Gasteiger partial charge on any atom is -0.493 e. The molecule has 2 heterocycles. The van der Waals surface area contributed by atoms with E-state index in [-0.39, 0.29) is 12.5 Å². The summed E-state index contributed by atoms with van der Waals surface area (Å²) in [5.74, 6) is 0.991. The van der Waals surface area contributed by atoms with E-state index in [1.54, 1.807) is 48.0 Å². The number of aromatic nitrogens is 3. The van der Waals surface area contributed by atoms with Gasteiger partial charge in [-0.1, -0.05) is 29.5 Å². The number of ether oxygens (including phenoxy) is 2. The molecule has 0 atom stereocenters. The van der Waals surface area contributed by atoms with Gasteiger partial charge in [0.05, 0.1) is 23.7 Å². The van der Waals surface area contributed by atoms with E-state index in [4.69, 9.17) is 14.5 Å². The third-order valence-electron chi connectivity index (χ3n) is 5.12. The molecular weight excluding hydrogens is 424 g/mol. The van der Waals surface area contributed by atoms with Gasteiger partial charge in [-0.15, -0.1) is 0 Å². The Bertz CT molecular complexity index is 1200. The van der Waals surface area contributed by atoms with Crippen LogP contribution in [0.25, 0.3) is 10.2 Å². The van der Waals surface area contributed by atoms with Crippen LogP contribution in [0.5, 0.6) is 11.5 Å². The largest absolute Gasteiger partial charge is 0.493 e. The normalized spacial score (nSPS) is 11.0. The third kappa shape index (κ3) is 4.91. The minimum absolute atomic E-state index is 0.0978. The molecule has 0 saturated carbocycles. The molecule has 0 aliphatic rings. The third-order valence-corrected chi connectivity index (χ3v) is 6.35. The van der Waals surface area contributed by atoms with Gasteiger partial charge in [-0.2, -0.15) is 0 Å². The first-order chi connectivity index (χ1) is 15.5. The summed E-state index contributed by atoms with van der Waals surface area (Å²) in [4.78, 5) is 23.8. The molecule has 0 fully saturated rings. The summed E-state index contributed by atoms with van der Waals surface area (Å²) in [6, 6.07) is 11.5. The highest BCUT2D eigenvalue weighted by Gasteiger charge is 2.21. The molecule has 0 aliphatic heterocycles. The maximum Gasteiger partial charge on any atom is 0.266 e. The Morgan fingerprint density at radius 2 is 2.00 bits per heavy atom. The first-order valence-electron chi connectivity index (χ1n) is 10.4. The average Bonchev–Trinajstić information content (AvgIpc) is 3.45. The molecular formula is C24H26N4O3S. The van der Waals surface area contributed by atoms with E-state index in [9.17, 15) is 4.79 Å². The van der Waals surface area contributed by atoms with E-state index in [0.717, 1.165) is 28.7 Å². The number of nitrogens with zero attached hydrogens (tertiary/aromatic N) is 4. The quantitative estimate of drug-likeness (QED) is 0.372. The van der Waals surface area contributed by atoms with Crippen molar-refractivity contribution in [3.63, 3.8) is 0 Å². The van der Waals surface area contributed by atoms with Crippen LogP contribution in [-0.4, -0.2) is 40.7 Å². The van der Waals surface area contributed by atoms with Crippen LogP contribution in [0.4, 0.5) is 5.13 Å². The van der Waals surface area contributed by atoms with Crippen molar-refractivity contribution in [1.29, 1.82) is 0 Å². The fraction of sp³-hybridized carbons (Fsp3) is 0.292. The first kappa shape index (κ1) is 21.8. The van der Waals surface area contributed by atoms with E-state index >= 15 is 0 Å². The molecule has 8 heteroatoms.